The second-order valence-electron chi connectivity index (χ2n) is 5.71. The maximum absolute atomic E-state index is 12.1. The molecule has 0 aliphatic carbocycles. The van der Waals surface area contributed by atoms with Gasteiger partial charge in [0.2, 0.25) is 11.8 Å². The molecule has 5 heteroatoms. The van der Waals surface area contributed by atoms with Crippen LogP contribution in [0.1, 0.15) is 47.5 Å². The van der Waals surface area contributed by atoms with Gasteiger partial charge in [-0.1, -0.05) is 34.6 Å². The van der Waals surface area contributed by atoms with Crippen molar-refractivity contribution in [1.29, 1.82) is 0 Å². The van der Waals surface area contributed by atoms with Gasteiger partial charge in [-0.3, -0.25) is 9.59 Å². The molecule has 2 amide bonds. The van der Waals surface area contributed by atoms with Crippen molar-refractivity contribution in [2.75, 3.05) is 19.7 Å². The molecular formula is C14H28N2O3. The SMILES string of the molecule is CCC(CC)N(CCO)C(=O)CNC(=O)C(C)(C)C. The molecular weight excluding hydrogens is 244 g/mol. The van der Waals surface area contributed by atoms with E-state index in [4.69, 9.17) is 5.11 Å². The van der Waals surface area contributed by atoms with Gasteiger partial charge in [0.15, 0.2) is 0 Å². The average Bonchev–Trinajstić information content (AvgIpc) is 2.34. The molecule has 0 rings (SSSR count). The number of amides is 2. The summed E-state index contributed by atoms with van der Waals surface area (Å²) in [6.07, 6.45) is 1.69. The molecule has 0 saturated carbocycles. The van der Waals surface area contributed by atoms with Gasteiger partial charge in [-0.2, -0.15) is 0 Å². The van der Waals surface area contributed by atoms with Crippen molar-refractivity contribution in [2.45, 2.75) is 53.5 Å². The summed E-state index contributed by atoms with van der Waals surface area (Å²) in [5.41, 5.74) is -0.503. The third kappa shape index (κ3) is 6.05. The van der Waals surface area contributed by atoms with Crippen LogP contribution in [0, 0.1) is 5.41 Å². The third-order valence-corrected chi connectivity index (χ3v) is 3.13. The zero-order valence-electron chi connectivity index (χ0n) is 12.8. The Labute approximate surface area is 116 Å². The minimum atomic E-state index is -0.503. The molecule has 19 heavy (non-hydrogen) atoms. The third-order valence-electron chi connectivity index (χ3n) is 3.13. The number of carbonyl (C=O) groups is 2. The van der Waals surface area contributed by atoms with Gasteiger partial charge in [-0.15, -0.1) is 0 Å². The van der Waals surface area contributed by atoms with Crippen LogP contribution in [-0.2, 0) is 9.59 Å². The highest BCUT2D eigenvalue weighted by molar-refractivity contribution is 5.87. The topological polar surface area (TPSA) is 69.6 Å². The minimum Gasteiger partial charge on any atom is -0.395 e. The van der Waals surface area contributed by atoms with Crippen molar-refractivity contribution in [3.8, 4) is 0 Å². The Balaban J connectivity index is 4.53. The molecule has 0 aliphatic rings. The number of carbonyl (C=O) groups excluding carboxylic acids is 2. The Kier molecular flexibility index (Phi) is 7.68. The second kappa shape index (κ2) is 8.15. The van der Waals surface area contributed by atoms with Gasteiger partial charge >= 0.3 is 0 Å². The van der Waals surface area contributed by atoms with E-state index in [1.807, 2.05) is 13.8 Å². The van der Waals surface area contributed by atoms with Crippen LogP contribution in [0.3, 0.4) is 0 Å². The predicted octanol–water partition coefficient (Wildman–Crippen LogP) is 1.16. The number of hydrogen-bond donors (Lipinski definition) is 2. The lowest BCUT2D eigenvalue weighted by atomic mass is 9.96. The lowest BCUT2D eigenvalue weighted by Crippen LogP contribution is -2.48. The van der Waals surface area contributed by atoms with E-state index >= 15 is 0 Å². The summed E-state index contributed by atoms with van der Waals surface area (Å²) in [7, 11) is 0. The van der Waals surface area contributed by atoms with Crippen molar-refractivity contribution in [2.24, 2.45) is 5.41 Å². The summed E-state index contributed by atoms with van der Waals surface area (Å²) in [6.45, 7) is 9.69. The summed E-state index contributed by atoms with van der Waals surface area (Å²) in [5.74, 6) is -0.283. The van der Waals surface area contributed by atoms with Crippen LogP contribution < -0.4 is 5.32 Å². The fourth-order valence-corrected chi connectivity index (χ4v) is 1.87. The molecule has 112 valence electrons. The lowest BCUT2D eigenvalue weighted by Gasteiger charge is -2.30. The van der Waals surface area contributed by atoms with Gasteiger partial charge < -0.3 is 15.3 Å². The Morgan fingerprint density at radius 2 is 1.74 bits per heavy atom. The molecule has 0 heterocycles. The predicted molar refractivity (Wildman–Crippen MR) is 75.6 cm³/mol. The number of rotatable bonds is 7. The molecule has 0 bridgehead atoms. The molecule has 0 saturated heterocycles. The Morgan fingerprint density at radius 3 is 2.11 bits per heavy atom. The zero-order chi connectivity index (χ0) is 15.1. The maximum Gasteiger partial charge on any atom is 0.242 e. The van der Waals surface area contributed by atoms with Crippen LogP contribution in [0.15, 0.2) is 0 Å². The maximum atomic E-state index is 12.1. The smallest absolute Gasteiger partial charge is 0.242 e. The lowest BCUT2D eigenvalue weighted by molar-refractivity contribution is -0.137. The fourth-order valence-electron chi connectivity index (χ4n) is 1.87. The quantitative estimate of drug-likeness (QED) is 0.730. The summed E-state index contributed by atoms with van der Waals surface area (Å²) >= 11 is 0. The van der Waals surface area contributed by atoms with E-state index in [0.29, 0.717) is 6.54 Å². The number of hydrogen-bond acceptors (Lipinski definition) is 3. The van der Waals surface area contributed by atoms with Crippen molar-refractivity contribution < 1.29 is 14.7 Å². The van der Waals surface area contributed by atoms with Crippen LogP contribution in [0.5, 0.6) is 0 Å². The van der Waals surface area contributed by atoms with Crippen LogP contribution in [0.2, 0.25) is 0 Å². The monoisotopic (exact) mass is 272 g/mol. The molecule has 0 aromatic rings. The summed E-state index contributed by atoms with van der Waals surface area (Å²) in [5, 5.41) is 11.7. The zero-order valence-corrected chi connectivity index (χ0v) is 12.8. The first kappa shape index (κ1) is 17.9. The van der Waals surface area contributed by atoms with E-state index in [0.717, 1.165) is 12.8 Å². The normalized spacial score (nSPS) is 11.5. The molecule has 0 aromatic carbocycles. The average molecular weight is 272 g/mol. The van der Waals surface area contributed by atoms with Gasteiger partial charge in [0.05, 0.1) is 13.2 Å². The first-order chi connectivity index (χ1) is 8.77. The van der Waals surface area contributed by atoms with Gasteiger partial charge in [0.25, 0.3) is 0 Å². The number of nitrogens with one attached hydrogen (secondary N) is 1. The van der Waals surface area contributed by atoms with E-state index in [1.54, 1.807) is 25.7 Å². The largest absolute Gasteiger partial charge is 0.395 e. The van der Waals surface area contributed by atoms with Crippen LogP contribution in [-0.4, -0.2) is 47.6 Å². The fraction of sp³-hybridized carbons (Fsp3) is 0.857. The summed E-state index contributed by atoms with van der Waals surface area (Å²) < 4.78 is 0. The molecule has 0 fully saturated rings. The molecule has 0 spiro atoms. The summed E-state index contributed by atoms with van der Waals surface area (Å²) in [4.78, 5) is 25.5. The van der Waals surface area contributed by atoms with Crippen molar-refractivity contribution in [1.82, 2.24) is 10.2 Å². The highest BCUT2D eigenvalue weighted by Crippen LogP contribution is 2.12. The van der Waals surface area contributed by atoms with Crippen LogP contribution in [0.4, 0.5) is 0 Å². The van der Waals surface area contributed by atoms with Gasteiger partial charge in [-0.05, 0) is 12.8 Å². The van der Waals surface area contributed by atoms with E-state index in [1.165, 1.54) is 0 Å². The van der Waals surface area contributed by atoms with Gasteiger partial charge in [0, 0.05) is 18.0 Å². The number of nitrogens with zero attached hydrogens (tertiary/aromatic N) is 1. The van der Waals surface area contributed by atoms with E-state index in [-0.39, 0.29) is 31.0 Å². The van der Waals surface area contributed by atoms with Crippen molar-refractivity contribution in [3.63, 3.8) is 0 Å². The van der Waals surface area contributed by atoms with Crippen molar-refractivity contribution >= 4 is 11.8 Å². The molecule has 2 N–H and O–H groups in total. The summed E-state index contributed by atoms with van der Waals surface area (Å²) in [6, 6.07) is 0.117. The van der Waals surface area contributed by atoms with Crippen LogP contribution in [0.25, 0.3) is 0 Å². The minimum absolute atomic E-state index is 0.00734. The van der Waals surface area contributed by atoms with Crippen LogP contribution >= 0.6 is 0 Å². The van der Waals surface area contributed by atoms with Gasteiger partial charge in [-0.25, -0.2) is 0 Å². The van der Waals surface area contributed by atoms with E-state index < -0.39 is 5.41 Å². The standard InChI is InChI=1S/C14H28N2O3/c1-6-11(7-2)16(8-9-17)12(18)10-15-13(19)14(3,4)5/h11,17H,6-10H2,1-5H3,(H,15,19). The first-order valence-electron chi connectivity index (χ1n) is 6.96. The number of aliphatic hydroxyl groups is 1. The molecule has 0 radical (unpaired) electrons. The molecule has 0 aromatic heterocycles. The molecule has 0 unspecified atom stereocenters. The molecule has 0 atom stereocenters. The number of aliphatic hydroxyl groups excluding tert-OH is 1. The highest BCUT2D eigenvalue weighted by Gasteiger charge is 2.24. The Hall–Kier alpha value is -1.10. The van der Waals surface area contributed by atoms with E-state index in [9.17, 15) is 9.59 Å². The highest BCUT2D eigenvalue weighted by atomic mass is 16.3. The first-order valence-corrected chi connectivity index (χ1v) is 6.96. The second-order valence-corrected chi connectivity index (χ2v) is 5.71. The Bertz CT molecular complexity index is 294. The molecule has 5 nitrogen and oxygen atoms in total. The Morgan fingerprint density at radius 1 is 1.21 bits per heavy atom. The van der Waals surface area contributed by atoms with Crippen molar-refractivity contribution in [3.05, 3.63) is 0 Å². The van der Waals surface area contributed by atoms with Gasteiger partial charge in [0.1, 0.15) is 0 Å². The molecule has 0 aliphatic heterocycles. The van der Waals surface area contributed by atoms with E-state index in [2.05, 4.69) is 5.32 Å².